The number of nitro benzene ring substituents is 1. The third kappa shape index (κ3) is 2.90. The largest absolute Gasteiger partial charge is 0.454 e. The zero-order valence-electron chi connectivity index (χ0n) is 11.2. The Labute approximate surface area is 124 Å². The van der Waals surface area contributed by atoms with Gasteiger partial charge >= 0.3 is 6.03 Å². The van der Waals surface area contributed by atoms with E-state index < -0.39 is 11.0 Å². The fraction of sp³-hybridized carbons (Fsp3) is 0.0714. The second-order valence-electron chi connectivity index (χ2n) is 4.45. The van der Waals surface area contributed by atoms with Crippen LogP contribution in [-0.2, 0) is 0 Å². The molecule has 3 rings (SSSR count). The van der Waals surface area contributed by atoms with Crippen LogP contribution in [0.3, 0.4) is 0 Å². The van der Waals surface area contributed by atoms with E-state index >= 15 is 0 Å². The number of amides is 2. The van der Waals surface area contributed by atoms with Crippen molar-refractivity contribution in [3.05, 3.63) is 52.6 Å². The molecule has 2 N–H and O–H groups in total. The Morgan fingerprint density at radius 2 is 1.64 bits per heavy atom. The fourth-order valence-corrected chi connectivity index (χ4v) is 1.93. The molecule has 2 amide bonds. The predicted octanol–water partition coefficient (Wildman–Crippen LogP) is 2.97. The first-order valence-electron chi connectivity index (χ1n) is 6.34. The average molecular weight is 301 g/mol. The number of non-ortho nitro benzene ring substituents is 1. The highest BCUT2D eigenvalue weighted by Gasteiger charge is 2.14. The molecule has 1 aliphatic rings. The number of nitrogens with one attached hydrogen (secondary N) is 2. The number of benzene rings is 2. The highest BCUT2D eigenvalue weighted by Crippen LogP contribution is 2.34. The summed E-state index contributed by atoms with van der Waals surface area (Å²) in [6, 6.07) is 10.1. The molecule has 0 aliphatic carbocycles. The number of hydrogen-bond acceptors (Lipinski definition) is 5. The molecule has 22 heavy (non-hydrogen) atoms. The summed E-state index contributed by atoms with van der Waals surface area (Å²) in [5, 5.41) is 15.8. The molecule has 0 fully saturated rings. The fourth-order valence-electron chi connectivity index (χ4n) is 1.93. The molecule has 0 saturated heterocycles. The Balaban J connectivity index is 1.63. The summed E-state index contributed by atoms with van der Waals surface area (Å²) in [5.41, 5.74) is 0.953. The minimum Gasteiger partial charge on any atom is -0.454 e. The number of rotatable bonds is 3. The minimum atomic E-state index is -0.504. The van der Waals surface area contributed by atoms with Gasteiger partial charge in [-0.05, 0) is 24.3 Å². The van der Waals surface area contributed by atoms with Crippen LogP contribution in [-0.4, -0.2) is 17.7 Å². The van der Waals surface area contributed by atoms with E-state index in [4.69, 9.17) is 9.47 Å². The van der Waals surface area contributed by atoms with E-state index in [-0.39, 0.29) is 12.5 Å². The zero-order valence-corrected chi connectivity index (χ0v) is 11.2. The Bertz CT molecular complexity index is 730. The number of hydrogen-bond donors (Lipinski definition) is 2. The maximum Gasteiger partial charge on any atom is 0.323 e. The topological polar surface area (TPSA) is 103 Å². The standard InChI is InChI=1S/C14H11N3O5/c18-14(15-9-1-4-11(5-2-9)17(19)20)16-10-3-6-12-13(7-10)22-8-21-12/h1-7H,8H2,(H2,15,16,18). The number of carbonyl (C=O) groups is 1. The van der Waals surface area contributed by atoms with Gasteiger partial charge in [0.25, 0.3) is 5.69 Å². The first kappa shape index (κ1) is 13.7. The van der Waals surface area contributed by atoms with Gasteiger partial charge in [0.15, 0.2) is 11.5 Å². The number of nitro groups is 1. The van der Waals surface area contributed by atoms with E-state index in [2.05, 4.69) is 10.6 Å². The summed E-state index contributed by atoms with van der Waals surface area (Å²) in [6.07, 6.45) is 0. The lowest BCUT2D eigenvalue weighted by Gasteiger charge is -2.08. The van der Waals surface area contributed by atoms with Crippen LogP contribution >= 0.6 is 0 Å². The molecule has 8 nitrogen and oxygen atoms in total. The molecular weight excluding hydrogens is 290 g/mol. The Morgan fingerprint density at radius 1 is 1.00 bits per heavy atom. The highest BCUT2D eigenvalue weighted by atomic mass is 16.7. The first-order valence-corrected chi connectivity index (χ1v) is 6.34. The van der Waals surface area contributed by atoms with E-state index in [9.17, 15) is 14.9 Å². The van der Waals surface area contributed by atoms with Gasteiger partial charge < -0.3 is 20.1 Å². The molecule has 0 radical (unpaired) electrons. The van der Waals surface area contributed by atoms with E-state index in [1.807, 2.05) is 0 Å². The summed E-state index contributed by atoms with van der Waals surface area (Å²) >= 11 is 0. The van der Waals surface area contributed by atoms with Crippen LogP contribution in [0.4, 0.5) is 21.9 Å². The lowest BCUT2D eigenvalue weighted by molar-refractivity contribution is -0.384. The van der Waals surface area contributed by atoms with E-state index in [0.29, 0.717) is 22.9 Å². The monoisotopic (exact) mass is 301 g/mol. The van der Waals surface area contributed by atoms with Crippen LogP contribution in [0.1, 0.15) is 0 Å². The Hall–Kier alpha value is -3.29. The summed E-state index contributed by atoms with van der Waals surface area (Å²) < 4.78 is 10.4. The molecule has 112 valence electrons. The van der Waals surface area contributed by atoms with Gasteiger partial charge in [0, 0.05) is 29.6 Å². The SMILES string of the molecule is O=C(Nc1ccc([N+](=O)[O-])cc1)Nc1ccc2c(c1)OCO2. The van der Waals surface area contributed by atoms with Crippen molar-refractivity contribution in [2.24, 2.45) is 0 Å². The molecule has 0 spiro atoms. The van der Waals surface area contributed by atoms with E-state index in [1.54, 1.807) is 18.2 Å². The summed E-state index contributed by atoms with van der Waals surface area (Å²) in [6.45, 7) is 0.160. The average Bonchev–Trinajstić information content (AvgIpc) is 2.95. The third-order valence-corrected chi connectivity index (χ3v) is 2.97. The van der Waals surface area contributed by atoms with Gasteiger partial charge in [-0.2, -0.15) is 0 Å². The number of nitrogens with zero attached hydrogens (tertiary/aromatic N) is 1. The number of carbonyl (C=O) groups excluding carboxylic acids is 1. The molecule has 2 aromatic rings. The molecule has 0 atom stereocenters. The van der Waals surface area contributed by atoms with E-state index in [0.717, 1.165) is 0 Å². The third-order valence-electron chi connectivity index (χ3n) is 2.97. The van der Waals surface area contributed by atoms with Gasteiger partial charge in [-0.25, -0.2) is 4.79 Å². The van der Waals surface area contributed by atoms with Crippen LogP contribution in [0.2, 0.25) is 0 Å². The Kier molecular flexibility index (Phi) is 3.48. The van der Waals surface area contributed by atoms with Gasteiger partial charge in [0.1, 0.15) is 0 Å². The minimum absolute atomic E-state index is 0.0401. The molecule has 1 aliphatic heterocycles. The van der Waals surface area contributed by atoms with Gasteiger partial charge in [0.2, 0.25) is 6.79 Å². The van der Waals surface area contributed by atoms with Crippen LogP contribution in [0.15, 0.2) is 42.5 Å². The van der Waals surface area contributed by atoms with Crippen molar-refractivity contribution in [3.8, 4) is 11.5 Å². The van der Waals surface area contributed by atoms with E-state index in [1.165, 1.54) is 24.3 Å². The maximum atomic E-state index is 11.9. The highest BCUT2D eigenvalue weighted by molar-refractivity contribution is 6.00. The van der Waals surface area contributed by atoms with Crippen LogP contribution < -0.4 is 20.1 Å². The predicted molar refractivity (Wildman–Crippen MR) is 78.3 cm³/mol. The molecule has 0 aromatic heterocycles. The van der Waals surface area contributed by atoms with Gasteiger partial charge in [-0.3, -0.25) is 10.1 Å². The number of fused-ring (bicyclic) bond motifs is 1. The van der Waals surface area contributed by atoms with Crippen molar-refractivity contribution in [2.75, 3.05) is 17.4 Å². The second-order valence-corrected chi connectivity index (χ2v) is 4.45. The van der Waals surface area contributed by atoms with Gasteiger partial charge in [0.05, 0.1) is 4.92 Å². The van der Waals surface area contributed by atoms with Gasteiger partial charge in [-0.15, -0.1) is 0 Å². The van der Waals surface area contributed by atoms with Crippen molar-refractivity contribution in [3.63, 3.8) is 0 Å². The van der Waals surface area contributed by atoms with Crippen molar-refractivity contribution < 1.29 is 19.2 Å². The smallest absolute Gasteiger partial charge is 0.323 e. The van der Waals surface area contributed by atoms with Crippen molar-refractivity contribution in [1.82, 2.24) is 0 Å². The quantitative estimate of drug-likeness (QED) is 0.670. The summed E-state index contributed by atoms with van der Waals surface area (Å²) in [4.78, 5) is 21.9. The van der Waals surface area contributed by atoms with Crippen molar-refractivity contribution in [1.29, 1.82) is 0 Å². The molecule has 1 heterocycles. The molecule has 0 bridgehead atoms. The normalized spacial score (nSPS) is 11.8. The number of ether oxygens (including phenoxy) is 2. The number of anilines is 2. The number of urea groups is 1. The zero-order chi connectivity index (χ0) is 15.5. The summed E-state index contributed by atoms with van der Waals surface area (Å²) in [5.74, 6) is 1.19. The van der Waals surface area contributed by atoms with Crippen LogP contribution in [0.5, 0.6) is 11.5 Å². The lowest BCUT2D eigenvalue weighted by atomic mass is 10.2. The van der Waals surface area contributed by atoms with Crippen LogP contribution in [0, 0.1) is 10.1 Å². The maximum absolute atomic E-state index is 11.9. The molecule has 8 heteroatoms. The van der Waals surface area contributed by atoms with Gasteiger partial charge in [-0.1, -0.05) is 0 Å². The second kappa shape index (κ2) is 5.60. The van der Waals surface area contributed by atoms with Crippen LogP contribution in [0.25, 0.3) is 0 Å². The molecular formula is C14H11N3O5. The van der Waals surface area contributed by atoms with Crippen molar-refractivity contribution in [2.45, 2.75) is 0 Å². The molecule has 0 saturated carbocycles. The summed E-state index contributed by atoms with van der Waals surface area (Å²) in [7, 11) is 0. The lowest BCUT2D eigenvalue weighted by Crippen LogP contribution is -2.19. The first-order chi connectivity index (χ1) is 10.6. The van der Waals surface area contributed by atoms with Crippen molar-refractivity contribution >= 4 is 23.1 Å². The molecule has 0 unspecified atom stereocenters. The Morgan fingerprint density at radius 3 is 2.36 bits per heavy atom. The molecule has 2 aromatic carbocycles.